The van der Waals surface area contributed by atoms with Crippen molar-refractivity contribution in [2.45, 2.75) is 109 Å². The summed E-state index contributed by atoms with van der Waals surface area (Å²) in [7, 11) is -0.889. The summed E-state index contributed by atoms with van der Waals surface area (Å²) >= 11 is 0. The molecule has 2 rings (SSSR count). The van der Waals surface area contributed by atoms with E-state index in [1.807, 2.05) is 38.1 Å². The molecule has 0 spiro atoms. The third-order valence-corrected chi connectivity index (χ3v) is 8.40. The second-order valence-electron chi connectivity index (χ2n) is 9.96. The van der Waals surface area contributed by atoms with Gasteiger partial charge in [0.2, 0.25) is 0 Å². The zero-order valence-electron chi connectivity index (χ0n) is 22.0. The number of carbonyl (C=O) groups excluding carboxylic acids is 2. The number of rotatable bonds is 18. The van der Waals surface area contributed by atoms with Gasteiger partial charge in [0.05, 0.1) is 17.4 Å². The van der Waals surface area contributed by atoms with Gasteiger partial charge in [-0.3, -0.25) is 13.8 Å². The maximum absolute atomic E-state index is 12.4. The molecular weight excluding hydrogens is 456 g/mol. The average Bonchev–Trinajstić information content (AvgIpc) is 3.20. The van der Waals surface area contributed by atoms with Crippen LogP contribution in [0, 0.1) is 18.8 Å². The van der Waals surface area contributed by atoms with Crippen LogP contribution < -0.4 is 0 Å². The largest absolute Gasteiger partial charge is 0.466 e. The van der Waals surface area contributed by atoms with Gasteiger partial charge in [-0.25, -0.2) is 0 Å². The first-order valence-electron chi connectivity index (χ1n) is 13.8. The summed E-state index contributed by atoms with van der Waals surface area (Å²) in [6.07, 6.45) is 18.1. The maximum Gasteiger partial charge on any atom is 0.305 e. The number of allylic oxidation sites excluding steroid dienone is 2. The number of hydrogen-bond acceptors (Lipinski definition) is 4. The number of esters is 1. The topological polar surface area (TPSA) is 60.4 Å². The van der Waals surface area contributed by atoms with Crippen LogP contribution in [0.4, 0.5) is 0 Å². The Bertz CT molecular complexity index is 799. The predicted molar refractivity (Wildman–Crippen MR) is 145 cm³/mol. The lowest BCUT2D eigenvalue weighted by Crippen LogP contribution is -2.14. The summed E-state index contributed by atoms with van der Waals surface area (Å²) < 4.78 is 17.4. The van der Waals surface area contributed by atoms with Gasteiger partial charge < -0.3 is 4.74 Å². The molecule has 1 fully saturated rings. The predicted octanol–water partition coefficient (Wildman–Crippen LogP) is 7.50. The molecule has 0 radical (unpaired) electrons. The van der Waals surface area contributed by atoms with Crippen LogP contribution in [0.5, 0.6) is 0 Å². The average molecular weight is 503 g/mol. The van der Waals surface area contributed by atoms with E-state index in [0.717, 1.165) is 94.1 Å². The standard InChI is InChI=1S/C30H46O4S/c1-3-23-34-30(32)16-12-8-7-11-15-28-26(19-22-29(28)31)14-10-6-4-5-9-13-24-35(33)27-20-17-25(2)18-21-27/h6,10,17-18,20-21,26,28H,3-5,7-9,11-16,19,22-24H2,1-2H3/b10-6+/t26-,28+,35?/m0/s1. The van der Waals surface area contributed by atoms with E-state index in [1.165, 1.54) is 5.56 Å². The summed E-state index contributed by atoms with van der Waals surface area (Å²) in [6, 6.07) is 8.00. The Kier molecular flexibility index (Phi) is 14.9. The number of carbonyl (C=O) groups is 2. The highest BCUT2D eigenvalue weighted by Crippen LogP contribution is 2.35. The van der Waals surface area contributed by atoms with E-state index in [9.17, 15) is 13.8 Å². The zero-order valence-corrected chi connectivity index (χ0v) is 22.8. The quantitative estimate of drug-likeness (QED) is 0.118. The Hall–Kier alpha value is -1.75. The molecule has 0 heterocycles. The Morgan fingerprint density at radius 1 is 1.03 bits per heavy atom. The highest BCUT2D eigenvalue weighted by atomic mass is 32.2. The first-order chi connectivity index (χ1) is 17.0. The lowest BCUT2D eigenvalue weighted by atomic mass is 9.87. The Morgan fingerprint density at radius 2 is 1.77 bits per heavy atom. The van der Waals surface area contributed by atoms with E-state index < -0.39 is 10.8 Å². The van der Waals surface area contributed by atoms with Crippen molar-refractivity contribution in [2.75, 3.05) is 12.4 Å². The summed E-state index contributed by atoms with van der Waals surface area (Å²) in [6.45, 7) is 4.57. The van der Waals surface area contributed by atoms with Gasteiger partial charge >= 0.3 is 5.97 Å². The molecule has 5 heteroatoms. The maximum atomic E-state index is 12.4. The molecule has 0 aromatic heterocycles. The minimum absolute atomic E-state index is 0.0816. The zero-order chi connectivity index (χ0) is 25.3. The van der Waals surface area contributed by atoms with Gasteiger partial charge in [0.25, 0.3) is 0 Å². The van der Waals surface area contributed by atoms with E-state index in [2.05, 4.69) is 12.2 Å². The molecule has 35 heavy (non-hydrogen) atoms. The number of ether oxygens (including phenoxy) is 1. The van der Waals surface area contributed by atoms with Crippen LogP contribution in [0.25, 0.3) is 0 Å². The smallest absolute Gasteiger partial charge is 0.305 e. The molecular formula is C30H46O4S. The molecule has 1 aromatic carbocycles. The van der Waals surface area contributed by atoms with Gasteiger partial charge in [-0.05, 0) is 76.3 Å². The summed E-state index contributed by atoms with van der Waals surface area (Å²) in [5.41, 5.74) is 1.20. The SMILES string of the molecule is CCCOC(=O)CCCCCC[C@H]1C(=O)CC[C@@H]1C/C=C/CCCCCS(=O)c1ccc(C)cc1. The minimum Gasteiger partial charge on any atom is -0.466 e. The molecule has 4 nitrogen and oxygen atoms in total. The molecule has 1 aliphatic rings. The second-order valence-corrected chi connectivity index (χ2v) is 11.5. The van der Waals surface area contributed by atoms with Crippen molar-refractivity contribution in [3.63, 3.8) is 0 Å². The van der Waals surface area contributed by atoms with Gasteiger partial charge in [-0.1, -0.05) is 62.5 Å². The van der Waals surface area contributed by atoms with E-state index >= 15 is 0 Å². The van der Waals surface area contributed by atoms with Crippen LogP contribution in [0.3, 0.4) is 0 Å². The lowest BCUT2D eigenvalue weighted by molar-refractivity contribution is -0.143. The normalized spacial score (nSPS) is 18.9. The number of Topliss-reactive ketones (excluding diaryl/α,β-unsaturated/α-hetero) is 1. The first kappa shape index (κ1) is 29.5. The van der Waals surface area contributed by atoms with Gasteiger partial charge in [-0.2, -0.15) is 0 Å². The molecule has 0 N–H and O–H groups in total. The molecule has 1 aromatic rings. The van der Waals surface area contributed by atoms with Crippen molar-refractivity contribution < 1.29 is 18.5 Å². The summed E-state index contributed by atoms with van der Waals surface area (Å²) in [5.74, 6) is 1.84. The van der Waals surface area contributed by atoms with Crippen LogP contribution in [0.2, 0.25) is 0 Å². The third-order valence-electron chi connectivity index (χ3n) is 6.95. The van der Waals surface area contributed by atoms with E-state index in [0.29, 0.717) is 24.7 Å². The first-order valence-corrected chi connectivity index (χ1v) is 15.1. The van der Waals surface area contributed by atoms with Crippen LogP contribution in [-0.4, -0.2) is 28.3 Å². The van der Waals surface area contributed by atoms with E-state index in [4.69, 9.17) is 4.74 Å². The number of hydrogen-bond donors (Lipinski definition) is 0. The summed E-state index contributed by atoms with van der Waals surface area (Å²) in [4.78, 5) is 24.8. The monoisotopic (exact) mass is 502 g/mol. The van der Waals surface area contributed by atoms with E-state index in [-0.39, 0.29) is 11.9 Å². The van der Waals surface area contributed by atoms with Crippen LogP contribution in [0.15, 0.2) is 41.3 Å². The molecule has 1 unspecified atom stereocenters. The molecule has 0 bridgehead atoms. The third kappa shape index (κ3) is 12.2. The van der Waals surface area contributed by atoms with Gasteiger partial charge in [0.15, 0.2) is 0 Å². The summed E-state index contributed by atoms with van der Waals surface area (Å²) in [5, 5.41) is 0. The second kappa shape index (κ2) is 17.6. The van der Waals surface area contributed by atoms with E-state index in [1.54, 1.807) is 0 Å². The fraction of sp³-hybridized carbons (Fsp3) is 0.667. The fourth-order valence-electron chi connectivity index (χ4n) is 4.80. The number of ketones is 1. The molecule has 0 aliphatic heterocycles. The highest BCUT2D eigenvalue weighted by molar-refractivity contribution is 7.85. The molecule has 0 saturated heterocycles. The Morgan fingerprint density at radius 3 is 2.54 bits per heavy atom. The Labute approximate surface area is 215 Å². The van der Waals surface area contributed by atoms with Crippen LogP contribution in [0.1, 0.15) is 102 Å². The van der Waals surface area contributed by atoms with Crippen molar-refractivity contribution >= 4 is 22.6 Å². The molecule has 1 aliphatic carbocycles. The van der Waals surface area contributed by atoms with Crippen molar-refractivity contribution in [1.29, 1.82) is 0 Å². The van der Waals surface area contributed by atoms with Crippen molar-refractivity contribution in [1.82, 2.24) is 0 Å². The number of unbranched alkanes of at least 4 members (excludes halogenated alkanes) is 6. The molecule has 0 amide bonds. The number of aryl methyl sites for hydroxylation is 1. The highest BCUT2D eigenvalue weighted by Gasteiger charge is 2.32. The lowest BCUT2D eigenvalue weighted by Gasteiger charge is -2.16. The molecule has 196 valence electrons. The van der Waals surface area contributed by atoms with Crippen molar-refractivity contribution in [2.24, 2.45) is 11.8 Å². The molecule has 3 atom stereocenters. The molecule has 1 saturated carbocycles. The van der Waals surface area contributed by atoms with Gasteiger partial charge in [-0.15, -0.1) is 0 Å². The Balaban J connectivity index is 1.52. The van der Waals surface area contributed by atoms with Crippen molar-refractivity contribution in [3.05, 3.63) is 42.0 Å². The van der Waals surface area contributed by atoms with Crippen molar-refractivity contribution in [3.8, 4) is 0 Å². The van der Waals surface area contributed by atoms with Gasteiger partial charge in [0, 0.05) is 29.4 Å². The van der Waals surface area contributed by atoms with Crippen LogP contribution in [-0.2, 0) is 25.1 Å². The van der Waals surface area contributed by atoms with Crippen LogP contribution >= 0.6 is 0 Å². The fourth-order valence-corrected chi connectivity index (χ4v) is 5.94. The minimum atomic E-state index is -0.889. The van der Waals surface area contributed by atoms with Gasteiger partial charge in [0.1, 0.15) is 5.78 Å². The number of benzene rings is 1.